The fraction of sp³-hybridized carbons (Fsp3) is 0.692. The minimum Gasteiger partial charge on any atom is -0.367 e. The fourth-order valence-corrected chi connectivity index (χ4v) is 3.82. The van der Waals surface area contributed by atoms with Crippen LogP contribution >= 0.6 is 11.3 Å². The second-order valence-electron chi connectivity index (χ2n) is 5.22. The van der Waals surface area contributed by atoms with Crippen molar-refractivity contribution in [2.24, 2.45) is 0 Å². The molecule has 1 N–H and O–H groups in total. The molecule has 0 aliphatic carbocycles. The molecule has 6 nitrogen and oxygen atoms in total. The lowest BCUT2D eigenvalue weighted by molar-refractivity contribution is -0.0157. The monoisotopic (exact) mass is 331 g/mol. The third-order valence-electron chi connectivity index (χ3n) is 3.12. The van der Waals surface area contributed by atoms with Crippen LogP contribution in [0, 0.1) is 6.92 Å². The zero-order valence-corrected chi connectivity index (χ0v) is 14.1. The van der Waals surface area contributed by atoms with E-state index in [1.807, 2.05) is 19.2 Å². The lowest BCUT2D eigenvalue weighted by atomic mass is 10.3. The Hall–Kier alpha value is -0.990. The first-order valence-electron chi connectivity index (χ1n) is 6.85. The van der Waals surface area contributed by atoms with Gasteiger partial charge < -0.3 is 15.0 Å². The number of urea groups is 1. The van der Waals surface area contributed by atoms with Crippen molar-refractivity contribution < 1.29 is 13.7 Å². The van der Waals surface area contributed by atoms with Gasteiger partial charge in [-0.15, -0.1) is 11.3 Å². The van der Waals surface area contributed by atoms with Crippen LogP contribution in [-0.2, 0) is 15.5 Å². The van der Waals surface area contributed by atoms with Gasteiger partial charge in [0.05, 0.1) is 13.2 Å². The Morgan fingerprint density at radius 2 is 2.48 bits per heavy atom. The van der Waals surface area contributed by atoms with E-state index >= 15 is 0 Å². The zero-order chi connectivity index (χ0) is 15.4. The molecule has 3 atom stereocenters. The highest BCUT2D eigenvalue weighted by Gasteiger charge is 2.27. The fourth-order valence-electron chi connectivity index (χ4n) is 2.20. The van der Waals surface area contributed by atoms with Crippen LogP contribution in [0.1, 0.15) is 23.7 Å². The van der Waals surface area contributed by atoms with E-state index in [0.29, 0.717) is 25.4 Å². The van der Waals surface area contributed by atoms with Gasteiger partial charge in [-0.3, -0.25) is 4.21 Å². The second-order valence-corrected chi connectivity index (χ2v) is 7.59. The molecular weight excluding hydrogens is 310 g/mol. The molecule has 21 heavy (non-hydrogen) atoms. The molecule has 0 radical (unpaired) electrons. The Morgan fingerprint density at radius 3 is 3.10 bits per heavy atom. The molecule has 118 valence electrons. The summed E-state index contributed by atoms with van der Waals surface area (Å²) in [5.41, 5.74) is 0.972. The summed E-state index contributed by atoms with van der Waals surface area (Å²) in [6.45, 7) is 5.38. The second kappa shape index (κ2) is 7.33. The number of thiazole rings is 1. The van der Waals surface area contributed by atoms with E-state index in [9.17, 15) is 9.00 Å². The smallest absolute Gasteiger partial charge is 0.317 e. The van der Waals surface area contributed by atoms with Gasteiger partial charge in [0.25, 0.3) is 0 Å². The number of morpholine rings is 1. The van der Waals surface area contributed by atoms with Gasteiger partial charge in [0.2, 0.25) is 0 Å². The molecule has 0 unspecified atom stereocenters. The highest BCUT2D eigenvalue weighted by molar-refractivity contribution is 7.84. The number of amides is 2. The minimum atomic E-state index is -0.917. The molecule has 0 aromatic carbocycles. The number of nitrogens with one attached hydrogen (secondary N) is 1. The normalized spacial score (nSPS) is 21.9. The molecule has 1 aromatic heterocycles. The summed E-state index contributed by atoms with van der Waals surface area (Å²) in [7, 11) is -0.917. The number of hydrogen-bond donors (Lipinski definition) is 1. The van der Waals surface area contributed by atoms with Gasteiger partial charge in [-0.25, -0.2) is 9.78 Å². The number of ether oxygens (including phenoxy) is 1. The van der Waals surface area contributed by atoms with Crippen molar-refractivity contribution in [3.63, 3.8) is 0 Å². The lowest BCUT2D eigenvalue weighted by Gasteiger charge is -2.32. The molecule has 1 aliphatic rings. The van der Waals surface area contributed by atoms with Gasteiger partial charge in [0.1, 0.15) is 11.1 Å². The lowest BCUT2D eigenvalue weighted by Crippen LogP contribution is -2.50. The first kappa shape index (κ1) is 16.4. The summed E-state index contributed by atoms with van der Waals surface area (Å²) in [6, 6.07) is -0.235. The van der Waals surface area contributed by atoms with E-state index in [1.165, 1.54) is 0 Å². The Kier molecular flexibility index (Phi) is 5.72. The van der Waals surface area contributed by atoms with Crippen LogP contribution in [0.25, 0.3) is 0 Å². The largest absolute Gasteiger partial charge is 0.367 e. The first-order chi connectivity index (χ1) is 9.95. The summed E-state index contributed by atoms with van der Waals surface area (Å²) in [4.78, 5) is 18.4. The molecule has 2 amide bonds. The number of carbonyl (C=O) groups excluding carboxylic acids is 1. The van der Waals surface area contributed by atoms with Gasteiger partial charge >= 0.3 is 6.03 Å². The van der Waals surface area contributed by atoms with Crippen molar-refractivity contribution in [3.05, 3.63) is 16.1 Å². The maximum atomic E-state index is 12.2. The Morgan fingerprint density at radius 1 is 1.71 bits per heavy atom. The number of aryl methyl sites for hydroxylation is 1. The minimum absolute atomic E-state index is 0.105. The summed E-state index contributed by atoms with van der Waals surface area (Å²) in [5, 5.41) is 5.77. The zero-order valence-electron chi connectivity index (χ0n) is 12.5. The first-order valence-corrected chi connectivity index (χ1v) is 9.45. The van der Waals surface area contributed by atoms with E-state index < -0.39 is 10.8 Å². The quantitative estimate of drug-likeness (QED) is 0.903. The van der Waals surface area contributed by atoms with Gasteiger partial charge in [0.15, 0.2) is 0 Å². The summed E-state index contributed by atoms with van der Waals surface area (Å²) in [6.07, 6.45) is 1.48. The molecule has 1 fully saturated rings. The van der Waals surface area contributed by atoms with Crippen LogP contribution in [-0.4, -0.2) is 57.9 Å². The van der Waals surface area contributed by atoms with Crippen molar-refractivity contribution in [1.82, 2.24) is 15.2 Å². The maximum absolute atomic E-state index is 12.2. The van der Waals surface area contributed by atoms with Gasteiger partial charge in [-0.1, -0.05) is 0 Å². The third kappa shape index (κ3) is 4.76. The van der Waals surface area contributed by atoms with Crippen LogP contribution in [0.5, 0.6) is 0 Å². The Balaban J connectivity index is 1.91. The van der Waals surface area contributed by atoms with Crippen LogP contribution in [0.4, 0.5) is 4.79 Å². The predicted molar refractivity (Wildman–Crippen MR) is 84.0 cm³/mol. The van der Waals surface area contributed by atoms with E-state index in [-0.39, 0.29) is 18.2 Å². The van der Waals surface area contributed by atoms with Crippen molar-refractivity contribution in [1.29, 1.82) is 0 Å². The SMILES string of the molecule is Cc1csc([C@@H]2CN(C(=O)N[C@H](C)C[S@](C)=O)CCO2)n1. The highest BCUT2D eigenvalue weighted by atomic mass is 32.2. The average molecular weight is 331 g/mol. The van der Waals surface area contributed by atoms with Crippen LogP contribution < -0.4 is 5.32 Å². The number of aromatic nitrogens is 1. The molecule has 0 saturated carbocycles. The van der Waals surface area contributed by atoms with Gasteiger partial charge in [-0.05, 0) is 13.8 Å². The molecule has 2 rings (SSSR count). The average Bonchev–Trinajstić information content (AvgIpc) is 2.84. The van der Waals surface area contributed by atoms with Gasteiger partial charge in [0, 0.05) is 46.5 Å². The Labute approximate surface area is 131 Å². The Bertz CT molecular complexity index is 521. The van der Waals surface area contributed by atoms with Crippen molar-refractivity contribution in [3.8, 4) is 0 Å². The molecular formula is C13H21N3O3S2. The van der Waals surface area contributed by atoms with E-state index in [1.54, 1.807) is 22.5 Å². The van der Waals surface area contributed by atoms with Crippen LogP contribution in [0.15, 0.2) is 5.38 Å². The van der Waals surface area contributed by atoms with Crippen LogP contribution in [0.3, 0.4) is 0 Å². The molecule has 0 spiro atoms. The molecule has 1 saturated heterocycles. The molecule has 1 aliphatic heterocycles. The predicted octanol–water partition coefficient (Wildman–Crippen LogP) is 1.30. The number of nitrogens with zero attached hydrogens (tertiary/aromatic N) is 2. The van der Waals surface area contributed by atoms with E-state index in [0.717, 1.165) is 10.7 Å². The summed E-state index contributed by atoms with van der Waals surface area (Å²) >= 11 is 1.56. The topological polar surface area (TPSA) is 71.5 Å². The maximum Gasteiger partial charge on any atom is 0.317 e. The van der Waals surface area contributed by atoms with Crippen LogP contribution in [0.2, 0.25) is 0 Å². The molecule has 8 heteroatoms. The highest BCUT2D eigenvalue weighted by Crippen LogP contribution is 2.25. The molecule has 1 aromatic rings. The summed E-state index contributed by atoms with van der Waals surface area (Å²) < 4.78 is 16.9. The number of rotatable bonds is 4. The number of carbonyl (C=O) groups is 1. The molecule has 0 bridgehead atoms. The van der Waals surface area contributed by atoms with Crippen molar-refractivity contribution >= 4 is 28.2 Å². The number of hydrogen-bond acceptors (Lipinski definition) is 5. The van der Waals surface area contributed by atoms with E-state index in [2.05, 4.69) is 10.3 Å². The summed E-state index contributed by atoms with van der Waals surface area (Å²) in [5.74, 6) is 0.463. The standard InChI is InChI=1S/C13H21N3O3S2/c1-9-7-20-12(14-9)11-6-16(4-5-19-11)13(17)15-10(2)8-21(3)18/h7,10-11H,4-6,8H2,1-3H3,(H,15,17)/t10-,11+,21+/m1/s1. The van der Waals surface area contributed by atoms with Gasteiger partial charge in [-0.2, -0.15) is 0 Å². The van der Waals surface area contributed by atoms with Crippen molar-refractivity contribution in [2.75, 3.05) is 31.7 Å². The van der Waals surface area contributed by atoms with E-state index in [4.69, 9.17) is 4.74 Å². The van der Waals surface area contributed by atoms with Crippen molar-refractivity contribution in [2.45, 2.75) is 26.0 Å². The molecule has 2 heterocycles. The third-order valence-corrected chi connectivity index (χ3v) is 5.14.